The van der Waals surface area contributed by atoms with Crippen LogP contribution in [0.2, 0.25) is 0 Å². The first-order chi connectivity index (χ1) is 14.5. The maximum Gasteiger partial charge on any atom is 0.323 e. The molecule has 4 rings (SSSR count). The number of nitrogens with zero attached hydrogens (tertiary/aromatic N) is 1. The number of rotatable bonds is 5. The van der Waals surface area contributed by atoms with Crippen LogP contribution >= 0.6 is 11.3 Å². The van der Waals surface area contributed by atoms with Gasteiger partial charge in [-0.2, -0.15) is 0 Å². The number of ether oxygens (including phenoxy) is 1. The van der Waals surface area contributed by atoms with Gasteiger partial charge in [0.15, 0.2) is 5.92 Å². The summed E-state index contributed by atoms with van der Waals surface area (Å²) >= 11 is 1.06. The molecule has 1 atom stereocenters. The minimum atomic E-state index is -1.23. The molecule has 0 bridgehead atoms. The molecule has 6 nitrogen and oxygen atoms in total. The van der Waals surface area contributed by atoms with E-state index in [0.29, 0.717) is 31.5 Å². The monoisotopic (exact) mass is 418 g/mol. The second-order valence-corrected chi connectivity index (χ2v) is 7.63. The number of hydrogen-bond acceptors (Lipinski definition) is 6. The fourth-order valence-electron chi connectivity index (χ4n) is 3.47. The molecule has 2 heterocycles. The summed E-state index contributed by atoms with van der Waals surface area (Å²) in [6.07, 6.45) is 0. The molecule has 7 heteroatoms. The summed E-state index contributed by atoms with van der Waals surface area (Å²) in [6.45, 7) is 1.81. The number of hydrogen-bond donors (Lipinski definition) is 1. The van der Waals surface area contributed by atoms with Gasteiger partial charge in [-0.25, -0.2) is 4.99 Å². The van der Waals surface area contributed by atoms with Gasteiger partial charge in [-0.05, 0) is 18.1 Å². The number of anilines is 1. The predicted octanol–water partition coefficient (Wildman–Crippen LogP) is 2.10. The summed E-state index contributed by atoms with van der Waals surface area (Å²) in [7, 11) is 0. The average molecular weight is 418 g/mol. The van der Waals surface area contributed by atoms with E-state index in [9.17, 15) is 14.4 Å². The van der Waals surface area contributed by atoms with E-state index in [-0.39, 0.29) is 18.1 Å². The fraction of sp³-hybridized carbons (Fsp3) is 0.130. The highest BCUT2D eigenvalue weighted by molar-refractivity contribution is 7.12. The molecule has 0 fully saturated rings. The Morgan fingerprint density at radius 2 is 1.70 bits per heavy atom. The molecule has 0 radical (unpaired) electrons. The Balaban J connectivity index is 2.01. The lowest BCUT2D eigenvalue weighted by atomic mass is 9.88. The normalized spacial score (nSPS) is 15.3. The second kappa shape index (κ2) is 8.04. The predicted molar refractivity (Wildman–Crippen MR) is 113 cm³/mol. The SMILES string of the molecule is CCOC(=O)C1C(=O)N=c2sc(C(=O)c3ccccc3)c(N)c2=C1c1ccccc1. The van der Waals surface area contributed by atoms with Gasteiger partial charge in [0.2, 0.25) is 5.78 Å². The lowest BCUT2D eigenvalue weighted by Gasteiger charge is -2.19. The first-order valence-electron chi connectivity index (χ1n) is 9.39. The van der Waals surface area contributed by atoms with Crippen LogP contribution in [0.1, 0.15) is 27.7 Å². The van der Waals surface area contributed by atoms with Gasteiger partial charge in [0.1, 0.15) is 9.55 Å². The molecule has 2 aromatic carbocycles. The van der Waals surface area contributed by atoms with Crippen LogP contribution in [0.4, 0.5) is 5.69 Å². The second-order valence-electron chi connectivity index (χ2n) is 6.63. The van der Waals surface area contributed by atoms with Crippen molar-refractivity contribution in [3.8, 4) is 0 Å². The number of thiophene rings is 1. The van der Waals surface area contributed by atoms with E-state index in [1.807, 2.05) is 12.1 Å². The Kier molecular flexibility index (Phi) is 5.29. The lowest BCUT2D eigenvalue weighted by molar-refractivity contribution is -0.148. The Hall–Kier alpha value is -3.58. The van der Waals surface area contributed by atoms with Crippen LogP contribution in [0.3, 0.4) is 0 Å². The first kappa shape index (κ1) is 19.7. The minimum Gasteiger partial charge on any atom is -0.465 e. The van der Waals surface area contributed by atoms with Gasteiger partial charge < -0.3 is 10.5 Å². The number of amides is 1. The molecule has 2 N–H and O–H groups in total. The quantitative estimate of drug-likeness (QED) is 0.389. The van der Waals surface area contributed by atoms with Gasteiger partial charge in [0.25, 0.3) is 5.91 Å². The van der Waals surface area contributed by atoms with Crippen molar-refractivity contribution in [3.63, 3.8) is 0 Å². The van der Waals surface area contributed by atoms with Crippen LogP contribution in [-0.2, 0) is 14.3 Å². The maximum atomic E-state index is 13.0. The van der Waals surface area contributed by atoms with Gasteiger partial charge in [-0.1, -0.05) is 60.7 Å². The summed E-state index contributed by atoms with van der Waals surface area (Å²) in [5.74, 6) is -2.79. The maximum absolute atomic E-state index is 13.0. The summed E-state index contributed by atoms with van der Waals surface area (Å²) in [5, 5.41) is 0.447. The molecule has 150 valence electrons. The third-order valence-corrected chi connectivity index (χ3v) is 5.89. The van der Waals surface area contributed by atoms with E-state index in [1.165, 1.54) is 0 Å². The highest BCUT2D eigenvalue weighted by Crippen LogP contribution is 2.28. The summed E-state index contributed by atoms with van der Waals surface area (Å²) in [6, 6.07) is 17.8. The molecule has 1 aliphatic heterocycles. The minimum absolute atomic E-state index is 0.133. The van der Waals surface area contributed by atoms with E-state index in [4.69, 9.17) is 10.5 Å². The largest absolute Gasteiger partial charge is 0.465 e. The highest BCUT2D eigenvalue weighted by atomic mass is 32.1. The van der Waals surface area contributed by atoms with Crippen molar-refractivity contribution < 1.29 is 19.1 Å². The molecule has 30 heavy (non-hydrogen) atoms. The molecule has 3 aromatic rings. The third-order valence-electron chi connectivity index (χ3n) is 4.79. The van der Waals surface area contributed by atoms with E-state index in [1.54, 1.807) is 55.5 Å². The molecule has 0 saturated carbocycles. The van der Waals surface area contributed by atoms with E-state index in [2.05, 4.69) is 4.99 Å². The summed E-state index contributed by atoms with van der Waals surface area (Å²) < 4.78 is 5.47. The topological polar surface area (TPSA) is 98.8 Å². The Bertz CT molecular complexity index is 1260. The molecule has 1 aliphatic rings. The van der Waals surface area contributed by atoms with Gasteiger partial charge in [0.05, 0.1) is 12.3 Å². The van der Waals surface area contributed by atoms with E-state index in [0.717, 1.165) is 11.3 Å². The van der Waals surface area contributed by atoms with Gasteiger partial charge in [0, 0.05) is 10.8 Å². The molecule has 1 unspecified atom stereocenters. The summed E-state index contributed by atoms with van der Waals surface area (Å²) in [5.41, 5.74) is 8.19. The summed E-state index contributed by atoms with van der Waals surface area (Å²) in [4.78, 5) is 42.9. The number of carbonyl (C=O) groups excluding carboxylic acids is 3. The number of carbonyl (C=O) groups is 3. The Morgan fingerprint density at radius 1 is 1.07 bits per heavy atom. The zero-order chi connectivity index (χ0) is 21.3. The number of ketones is 1. The smallest absolute Gasteiger partial charge is 0.323 e. The Morgan fingerprint density at radius 3 is 2.33 bits per heavy atom. The van der Waals surface area contributed by atoms with Crippen molar-refractivity contribution in [2.75, 3.05) is 12.3 Å². The highest BCUT2D eigenvalue weighted by Gasteiger charge is 2.37. The van der Waals surface area contributed by atoms with Crippen LogP contribution < -0.4 is 15.6 Å². The number of nitrogen functional groups attached to an aromatic ring is 1. The van der Waals surface area contributed by atoms with E-state index < -0.39 is 17.8 Å². The van der Waals surface area contributed by atoms with Crippen molar-refractivity contribution in [2.45, 2.75) is 6.92 Å². The van der Waals surface area contributed by atoms with Crippen LogP contribution in [0.25, 0.3) is 5.57 Å². The van der Waals surface area contributed by atoms with Gasteiger partial charge in [-0.3, -0.25) is 14.4 Å². The average Bonchev–Trinajstić information content (AvgIpc) is 3.09. The van der Waals surface area contributed by atoms with Crippen molar-refractivity contribution >= 4 is 40.3 Å². The standard InChI is InChI=1S/C23H18N2O4S/c1-2-29-23(28)17-15(13-9-5-3-6-10-13)16-18(24)20(30-22(16)25-21(17)27)19(26)14-11-7-4-8-12-14/h3-12,17H,2,24H2,1H3. The van der Waals surface area contributed by atoms with Gasteiger partial charge >= 0.3 is 5.97 Å². The van der Waals surface area contributed by atoms with Crippen molar-refractivity contribution in [3.05, 3.63) is 86.6 Å². The molecular weight excluding hydrogens is 400 g/mol. The number of nitrogens with two attached hydrogens (primary N) is 1. The van der Waals surface area contributed by atoms with Crippen molar-refractivity contribution in [1.82, 2.24) is 0 Å². The van der Waals surface area contributed by atoms with Crippen LogP contribution in [0.5, 0.6) is 0 Å². The molecular formula is C23H18N2O4S. The number of benzene rings is 2. The lowest BCUT2D eigenvalue weighted by Crippen LogP contribution is -2.40. The fourth-order valence-corrected chi connectivity index (χ4v) is 4.54. The number of fused-ring (bicyclic) bond motifs is 1. The Labute approximate surface area is 176 Å². The van der Waals surface area contributed by atoms with E-state index >= 15 is 0 Å². The molecule has 0 saturated heterocycles. The van der Waals surface area contributed by atoms with Crippen molar-refractivity contribution in [2.24, 2.45) is 10.9 Å². The van der Waals surface area contributed by atoms with Crippen LogP contribution in [-0.4, -0.2) is 24.3 Å². The molecule has 0 aliphatic carbocycles. The van der Waals surface area contributed by atoms with Crippen LogP contribution in [0, 0.1) is 5.92 Å². The zero-order valence-corrected chi connectivity index (χ0v) is 16.9. The van der Waals surface area contributed by atoms with Crippen LogP contribution in [0.15, 0.2) is 65.7 Å². The molecule has 1 amide bonds. The van der Waals surface area contributed by atoms with Gasteiger partial charge in [-0.15, -0.1) is 11.3 Å². The zero-order valence-electron chi connectivity index (χ0n) is 16.1. The third kappa shape index (κ3) is 3.33. The van der Waals surface area contributed by atoms with Crippen molar-refractivity contribution in [1.29, 1.82) is 0 Å². The molecule has 1 aromatic heterocycles. The molecule has 0 spiro atoms. The number of esters is 1. The first-order valence-corrected chi connectivity index (χ1v) is 10.2.